The third kappa shape index (κ3) is 3.53. The summed E-state index contributed by atoms with van der Waals surface area (Å²) < 4.78 is 13.5. The Morgan fingerprint density at radius 1 is 1.60 bits per heavy atom. The number of nitrogens with one attached hydrogen (secondary N) is 1. The van der Waals surface area contributed by atoms with Gasteiger partial charge in [0, 0.05) is 11.4 Å². The number of alkyl halides is 1. The highest BCUT2D eigenvalue weighted by atomic mass is 79.9. The third-order valence-corrected chi connectivity index (χ3v) is 5.03. The van der Waals surface area contributed by atoms with Crippen molar-refractivity contribution in [1.29, 1.82) is 0 Å². The number of carbonyl (C=O) groups excluding carboxylic acids is 1. The average molecular weight is 363 g/mol. The minimum Gasteiger partial charge on any atom is -0.345 e. The highest BCUT2D eigenvalue weighted by Crippen LogP contribution is 2.33. The van der Waals surface area contributed by atoms with Crippen LogP contribution in [-0.2, 0) is 0 Å². The molecule has 2 nitrogen and oxygen atoms in total. The maximum Gasteiger partial charge on any atom is 0.251 e. The Bertz CT molecular complexity index is 511. The van der Waals surface area contributed by atoms with E-state index in [4.69, 9.17) is 11.6 Å². The molecule has 20 heavy (non-hydrogen) atoms. The van der Waals surface area contributed by atoms with E-state index in [2.05, 4.69) is 28.2 Å². The van der Waals surface area contributed by atoms with E-state index in [1.807, 2.05) is 0 Å². The van der Waals surface area contributed by atoms with Crippen LogP contribution in [0.3, 0.4) is 0 Å². The van der Waals surface area contributed by atoms with E-state index in [0.717, 1.165) is 19.3 Å². The van der Waals surface area contributed by atoms with Crippen LogP contribution in [0.25, 0.3) is 0 Å². The fourth-order valence-corrected chi connectivity index (χ4v) is 3.57. The molecule has 2 unspecified atom stereocenters. The summed E-state index contributed by atoms with van der Waals surface area (Å²) in [5, 5.41) is 3.06. The van der Waals surface area contributed by atoms with Crippen molar-refractivity contribution in [2.24, 2.45) is 5.92 Å². The number of benzene rings is 1. The second kappa shape index (κ2) is 6.44. The van der Waals surface area contributed by atoms with Gasteiger partial charge in [-0.1, -0.05) is 19.8 Å². The zero-order valence-electron chi connectivity index (χ0n) is 11.4. The largest absolute Gasteiger partial charge is 0.345 e. The second-order valence-corrected chi connectivity index (χ2v) is 6.82. The van der Waals surface area contributed by atoms with Crippen LogP contribution in [0.1, 0.15) is 43.0 Å². The van der Waals surface area contributed by atoms with E-state index in [-0.39, 0.29) is 17.3 Å². The Morgan fingerprint density at radius 3 is 2.95 bits per heavy atom. The normalized spacial score (nSPS) is 26.3. The molecule has 1 aromatic rings. The first kappa shape index (κ1) is 15.8. The molecule has 2 atom stereocenters. The second-order valence-electron chi connectivity index (χ2n) is 5.70. The number of carbonyl (C=O) groups is 1. The lowest BCUT2D eigenvalue weighted by atomic mass is 9.77. The van der Waals surface area contributed by atoms with Gasteiger partial charge in [-0.05, 0) is 52.9 Å². The SMILES string of the molecule is CC1CCCC(CCl)(NC(=O)c2ccc(F)c(Br)c2)C1. The quantitative estimate of drug-likeness (QED) is 0.788. The van der Waals surface area contributed by atoms with Gasteiger partial charge in [-0.15, -0.1) is 11.6 Å². The van der Waals surface area contributed by atoms with Crippen molar-refractivity contribution in [2.45, 2.75) is 38.1 Å². The fraction of sp³-hybridized carbons (Fsp3) is 0.533. The molecule has 0 heterocycles. The maximum atomic E-state index is 13.2. The van der Waals surface area contributed by atoms with Crippen LogP contribution in [0.2, 0.25) is 0 Å². The topological polar surface area (TPSA) is 29.1 Å². The highest BCUT2D eigenvalue weighted by molar-refractivity contribution is 9.10. The maximum absolute atomic E-state index is 13.2. The molecule has 1 aromatic carbocycles. The number of hydrogen-bond acceptors (Lipinski definition) is 1. The molecule has 0 bridgehead atoms. The summed E-state index contributed by atoms with van der Waals surface area (Å²) >= 11 is 9.21. The van der Waals surface area contributed by atoms with E-state index in [0.29, 0.717) is 21.8 Å². The van der Waals surface area contributed by atoms with E-state index >= 15 is 0 Å². The summed E-state index contributed by atoms with van der Waals surface area (Å²) in [4.78, 5) is 12.3. The first-order chi connectivity index (χ1) is 9.46. The van der Waals surface area contributed by atoms with Crippen molar-refractivity contribution in [1.82, 2.24) is 5.32 Å². The zero-order chi connectivity index (χ0) is 14.8. The molecular formula is C15H18BrClFNO. The summed E-state index contributed by atoms with van der Waals surface area (Å²) in [5.41, 5.74) is 0.109. The van der Waals surface area contributed by atoms with E-state index < -0.39 is 0 Å². The first-order valence-corrected chi connectivity index (χ1v) is 8.12. The Morgan fingerprint density at radius 2 is 2.35 bits per heavy atom. The van der Waals surface area contributed by atoms with Crippen LogP contribution in [0.4, 0.5) is 4.39 Å². The molecule has 0 saturated heterocycles. The molecule has 0 aliphatic heterocycles. The van der Waals surface area contributed by atoms with Crippen molar-refractivity contribution >= 4 is 33.4 Å². The molecular weight excluding hydrogens is 345 g/mol. The Balaban J connectivity index is 2.14. The van der Waals surface area contributed by atoms with Gasteiger partial charge in [0.25, 0.3) is 5.91 Å². The molecule has 2 rings (SSSR count). The van der Waals surface area contributed by atoms with Crippen LogP contribution in [0.15, 0.2) is 22.7 Å². The molecule has 110 valence electrons. The van der Waals surface area contributed by atoms with Crippen molar-refractivity contribution in [3.63, 3.8) is 0 Å². The van der Waals surface area contributed by atoms with E-state index in [1.165, 1.54) is 24.6 Å². The van der Waals surface area contributed by atoms with Gasteiger partial charge in [0.2, 0.25) is 0 Å². The van der Waals surface area contributed by atoms with E-state index in [1.54, 1.807) is 0 Å². The van der Waals surface area contributed by atoms with Gasteiger partial charge >= 0.3 is 0 Å². The van der Waals surface area contributed by atoms with Crippen molar-refractivity contribution < 1.29 is 9.18 Å². The molecule has 1 N–H and O–H groups in total. The predicted molar refractivity (Wildman–Crippen MR) is 82.6 cm³/mol. The van der Waals surface area contributed by atoms with Gasteiger partial charge in [0.15, 0.2) is 0 Å². The molecule has 1 aliphatic carbocycles. The molecule has 0 aromatic heterocycles. The molecule has 1 fully saturated rings. The molecule has 0 radical (unpaired) electrons. The standard InChI is InChI=1S/C15H18BrClFNO/c1-10-3-2-6-15(8-10,9-17)19-14(20)11-4-5-13(18)12(16)7-11/h4-5,7,10H,2-3,6,8-9H2,1H3,(H,19,20). The number of hydrogen-bond donors (Lipinski definition) is 1. The molecule has 1 amide bonds. The van der Waals surface area contributed by atoms with Crippen LogP contribution in [0.5, 0.6) is 0 Å². The van der Waals surface area contributed by atoms with Crippen molar-refractivity contribution in [2.75, 3.05) is 5.88 Å². The van der Waals surface area contributed by atoms with Gasteiger partial charge in [-0.3, -0.25) is 4.79 Å². The van der Waals surface area contributed by atoms with Crippen LogP contribution in [0, 0.1) is 11.7 Å². The Hall–Kier alpha value is -0.610. The molecule has 5 heteroatoms. The number of halogens is 3. The number of rotatable bonds is 3. The Labute approximate surface area is 132 Å². The molecule has 1 aliphatic rings. The summed E-state index contributed by atoms with van der Waals surface area (Å²) in [6, 6.07) is 4.28. The van der Waals surface area contributed by atoms with Crippen LogP contribution >= 0.6 is 27.5 Å². The van der Waals surface area contributed by atoms with Gasteiger partial charge in [0.05, 0.1) is 10.0 Å². The lowest BCUT2D eigenvalue weighted by Gasteiger charge is -2.39. The predicted octanol–water partition coefficient (Wildman–Crippen LogP) is 4.51. The fourth-order valence-electron chi connectivity index (χ4n) is 2.88. The summed E-state index contributed by atoms with van der Waals surface area (Å²) in [6.45, 7) is 2.18. The lowest BCUT2D eigenvalue weighted by Crippen LogP contribution is -2.52. The first-order valence-electron chi connectivity index (χ1n) is 6.79. The molecule has 0 spiro atoms. The minimum absolute atomic E-state index is 0.194. The highest BCUT2D eigenvalue weighted by Gasteiger charge is 2.35. The summed E-state index contributed by atoms with van der Waals surface area (Å²) in [5.74, 6) is 0.397. The average Bonchev–Trinajstić information content (AvgIpc) is 2.41. The van der Waals surface area contributed by atoms with Gasteiger partial charge in [-0.2, -0.15) is 0 Å². The van der Waals surface area contributed by atoms with Gasteiger partial charge in [0.1, 0.15) is 5.82 Å². The minimum atomic E-state index is -0.375. The van der Waals surface area contributed by atoms with Crippen molar-refractivity contribution in [3.8, 4) is 0 Å². The monoisotopic (exact) mass is 361 g/mol. The summed E-state index contributed by atoms with van der Waals surface area (Å²) in [7, 11) is 0. The van der Waals surface area contributed by atoms with E-state index in [9.17, 15) is 9.18 Å². The zero-order valence-corrected chi connectivity index (χ0v) is 13.7. The summed E-state index contributed by atoms with van der Waals surface area (Å²) in [6.07, 6.45) is 4.04. The smallest absolute Gasteiger partial charge is 0.251 e. The third-order valence-electron chi connectivity index (χ3n) is 3.91. The van der Waals surface area contributed by atoms with Gasteiger partial charge in [-0.25, -0.2) is 4.39 Å². The van der Waals surface area contributed by atoms with Crippen LogP contribution < -0.4 is 5.32 Å². The number of amides is 1. The van der Waals surface area contributed by atoms with Crippen LogP contribution in [-0.4, -0.2) is 17.3 Å². The van der Waals surface area contributed by atoms with Crippen molar-refractivity contribution in [3.05, 3.63) is 34.1 Å². The lowest BCUT2D eigenvalue weighted by molar-refractivity contribution is 0.0867. The molecule has 1 saturated carbocycles. The Kier molecular flexibility index (Phi) is 5.08. The van der Waals surface area contributed by atoms with Gasteiger partial charge < -0.3 is 5.32 Å².